The molecule has 1 unspecified atom stereocenters. The van der Waals surface area contributed by atoms with Crippen molar-refractivity contribution in [3.8, 4) is 11.5 Å². The van der Waals surface area contributed by atoms with Crippen molar-refractivity contribution in [3.05, 3.63) is 48.0 Å². The van der Waals surface area contributed by atoms with Crippen molar-refractivity contribution in [2.75, 3.05) is 11.4 Å². The molecule has 0 aromatic heterocycles. The third-order valence-electron chi connectivity index (χ3n) is 5.29. The number of anilines is 1. The molecule has 0 saturated carbocycles. The normalized spacial score (nSPS) is 20.4. The molecule has 1 saturated heterocycles. The van der Waals surface area contributed by atoms with Crippen LogP contribution in [0.4, 0.5) is 5.69 Å². The zero-order chi connectivity index (χ0) is 20.8. The average Bonchev–Trinajstić information content (AvgIpc) is 3.09. The maximum atomic E-state index is 12.6. The lowest BCUT2D eigenvalue weighted by molar-refractivity contribution is 0.478. The van der Waals surface area contributed by atoms with E-state index in [-0.39, 0.29) is 16.8 Å². The number of ether oxygens (including phenoxy) is 1. The summed E-state index contributed by atoms with van der Waals surface area (Å²) in [6.45, 7) is 4.12. The molecular formula is C20H24N2O5S2. The van der Waals surface area contributed by atoms with E-state index in [4.69, 9.17) is 4.74 Å². The summed E-state index contributed by atoms with van der Waals surface area (Å²) < 4.78 is 58.2. The lowest BCUT2D eigenvalue weighted by atomic mass is 10.2. The number of nitrogens with zero attached hydrogens (tertiary/aromatic N) is 1. The maximum Gasteiger partial charge on any atom is 0.244 e. The molecule has 1 fully saturated rings. The monoisotopic (exact) mass is 436 g/mol. The van der Waals surface area contributed by atoms with Gasteiger partial charge in [-0.3, -0.25) is 0 Å². The van der Waals surface area contributed by atoms with Crippen molar-refractivity contribution in [2.24, 2.45) is 0 Å². The molecule has 29 heavy (non-hydrogen) atoms. The van der Waals surface area contributed by atoms with Crippen molar-refractivity contribution in [1.82, 2.24) is 4.72 Å². The summed E-state index contributed by atoms with van der Waals surface area (Å²) in [6, 6.07) is 11.9. The van der Waals surface area contributed by atoms with Crippen LogP contribution in [0.2, 0.25) is 0 Å². The first-order valence-corrected chi connectivity index (χ1v) is 12.8. The molecule has 0 radical (unpaired) electrons. The Morgan fingerprint density at radius 2 is 1.93 bits per heavy atom. The van der Waals surface area contributed by atoms with Crippen LogP contribution in [0.1, 0.15) is 32.3 Å². The fourth-order valence-electron chi connectivity index (χ4n) is 3.66. The summed E-state index contributed by atoms with van der Waals surface area (Å²) in [5.41, 5.74) is 1.32. The highest BCUT2D eigenvalue weighted by molar-refractivity contribution is 7.91. The van der Waals surface area contributed by atoms with E-state index in [1.54, 1.807) is 50.2 Å². The zero-order valence-electron chi connectivity index (χ0n) is 16.3. The molecular weight excluding hydrogens is 412 g/mol. The summed E-state index contributed by atoms with van der Waals surface area (Å²) in [4.78, 5) is 2.27. The van der Waals surface area contributed by atoms with Crippen molar-refractivity contribution >= 4 is 25.5 Å². The maximum absolute atomic E-state index is 12.6. The quantitative estimate of drug-likeness (QED) is 0.775. The van der Waals surface area contributed by atoms with Gasteiger partial charge < -0.3 is 9.64 Å². The van der Waals surface area contributed by atoms with Gasteiger partial charge in [0.25, 0.3) is 0 Å². The number of fused-ring (bicyclic) bond motifs is 3. The van der Waals surface area contributed by atoms with E-state index < -0.39 is 25.1 Å². The van der Waals surface area contributed by atoms with Gasteiger partial charge in [-0.15, -0.1) is 0 Å². The van der Waals surface area contributed by atoms with E-state index >= 15 is 0 Å². The van der Waals surface area contributed by atoms with Gasteiger partial charge in [0, 0.05) is 12.6 Å². The number of hydrogen-bond donors (Lipinski definition) is 1. The van der Waals surface area contributed by atoms with Crippen LogP contribution >= 0.6 is 0 Å². The molecule has 0 amide bonds. The second kappa shape index (κ2) is 7.30. The highest BCUT2D eigenvalue weighted by atomic mass is 32.2. The third kappa shape index (κ3) is 3.99. The highest BCUT2D eigenvalue weighted by Gasteiger charge is 2.37. The van der Waals surface area contributed by atoms with Crippen molar-refractivity contribution in [2.45, 2.75) is 48.8 Å². The Bertz CT molecular complexity index is 1140. The van der Waals surface area contributed by atoms with Crippen LogP contribution in [0.3, 0.4) is 0 Å². The number of benzene rings is 2. The van der Waals surface area contributed by atoms with E-state index in [0.717, 1.165) is 19.4 Å². The first-order chi connectivity index (χ1) is 13.7. The summed E-state index contributed by atoms with van der Waals surface area (Å²) in [6.07, 6.45) is 1.55. The fraction of sp³-hybridized carbons (Fsp3) is 0.400. The Kier molecular flexibility index (Phi) is 5.08. The van der Waals surface area contributed by atoms with Gasteiger partial charge in [0.2, 0.25) is 10.0 Å². The molecule has 2 aromatic carbocycles. The Balaban J connectivity index is 1.61. The standard InChI is InChI=1S/C20H24N2O5S2/c1-14(2)28(23,24)13-15-5-3-6-16(11-15)27-17-8-9-18-19(12-17)29(25,26)21-20-7-4-10-22(18)20/h3,5-6,8-9,11-12,14,20-21H,4,7,10,13H2,1-2H3. The SMILES string of the molecule is CC(C)S(=O)(=O)Cc1cccc(Oc2ccc3c(c2)S(=O)(=O)NC2CCCN32)c1. The van der Waals surface area contributed by atoms with Gasteiger partial charge in [0.05, 0.1) is 22.9 Å². The topological polar surface area (TPSA) is 92.8 Å². The van der Waals surface area contributed by atoms with E-state index in [9.17, 15) is 16.8 Å². The molecule has 1 N–H and O–H groups in total. The molecule has 0 bridgehead atoms. The minimum absolute atomic E-state index is 0.0687. The van der Waals surface area contributed by atoms with Gasteiger partial charge in [0.1, 0.15) is 16.4 Å². The van der Waals surface area contributed by atoms with E-state index in [0.29, 0.717) is 22.7 Å². The summed E-state index contributed by atoms with van der Waals surface area (Å²) in [5, 5.41) is -0.458. The average molecular weight is 437 g/mol. The van der Waals surface area contributed by atoms with E-state index in [1.807, 2.05) is 0 Å². The molecule has 156 valence electrons. The van der Waals surface area contributed by atoms with Gasteiger partial charge in [-0.2, -0.15) is 4.72 Å². The van der Waals surface area contributed by atoms with Crippen LogP contribution in [0.25, 0.3) is 0 Å². The van der Waals surface area contributed by atoms with Gasteiger partial charge in [0.15, 0.2) is 9.84 Å². The molecule has 0 spiro atoms. The number of rotatable bonds is 5. The summed E-state index contributed by atoms with van der Waals surface area (Å²) in [5.74, 6) is 0.776. The molecule has 0 aliphatic carbocycles. The molecule has 2 aromatic rings. The van der Waals surface area contributed by atoms with Crippen LogP contribution in [-0.4, -0.2) is 34.8 Å². The first-order valence-electron chi connectivity index (χ1n) is 9.57. The van der Waals surface area contributed by atoms with Crippen LogP contribution in [0, 0.1) is 0 Å². The molecule has 2 heterocycles. The van der Waals surface area contributed by atoms with Gasteiger partial charge in [-0.05, 0) is 56.5 Å². The number of nitrogens with one attached hydrogen (secondary N) is 1. The predicted octanol–water partition coefficient (Wildman–Crippen LogP) is 3.02. The molecule has 4 rings (SSSR count). The van der Waals surface area contributed by atoms with Crippen LogP contribution in [0.15, 0.2) is 47.4 Å². The third-order valence-corrected chi connectivity index (χ3v) is 8.96. The predicted molar refractivity (Wildman–Crippen MR) is 111 cm³/mol. The Morgan fingerprint density at radius 3 is 2.69 bits per heavy atom. The van der Waals surface area contributed by atoms with Gasteiger partial charge in [-0.25, -0.2) is 16.8 Å². The van der Waals surface area contributed by atoms with E-state index in [1.165, 1.54) is 6.07 Å². The first kappa shape index (κ1) is 20.2. The zero-order valence-corrected chi connectivity index (χ0v) is 18.0. The molecule has 2 aliphatic rings. The smallest absolute Gasteiger partial charge is 0.244 e. The second-order valence-corrected chi connectivity index (χ2v) is 11.9. The number of sulfonamides is 1. The molecule has 2 aliphatic heterocycles. The lowest BCUT2D eigenvalue weighted by Crippen LogP contribution is -2.48. The molecule has 9 heteroatoms. The lowest BCUT2D eigenvalue weighted by Gasteiger charge is -2.33. The number of hydrogen-bond acceptors (Lipinski definition) is 6. The van der Waals surface area contributed by atoms with Crippen LogP contribution in [0.5, 0.6) is 11.5 Å². The molecule has 7 nitrogen and oxygen atoms in total. The van der Waals surface area contributed by atoms with Crippen LogP contribution in [-0.2, 0) is 25.6 Å². The molecule has 1 atom stereocenters. The highest BCUT2D eigenvalue weighted by Crippen LogP contribution is 2.38. The fourth-order valence-corrected chi connectivity index (χ4v) is 6.10. The Hall–Kier alpha value is -2.10. The minimum atomic E-state index is -3.60. The van der Waals surface area contributed by atoms with Gasteiger partial charge >= 0.3 is 0 Å². The van der Waals surface area contributed by atoms with Crippen LogP contribution < -0.4 is 14.4 Å². The summed E-state index contributed by atoms with van der Waals surface area (Å²) in [7, 11) is -6.83. The minimum Gasteiger partial charge on any atom is -0.457 e. The number of sulfone groups is 1. The Morgan fingerprint density at radius 1 is 1.17 bits per heavy atom. The van der Waals surface area contributed by atoms with E-state index in [2.05, 4.69) is 9.62 Å². The van der Waals surface area contributed by atoms with Crippen molar-refractivity contribution in [1.29, 1.82) is 0 Å². The second-order valence-electron chi connectivity index (χ2n) is 7.71. The van der Waals surface area contributed by atoms with Gasteiger partial charge in [-0.1, -0.05) is 12.1 Å². The Labute approximate surface area is 171 Å². The van der Waals surface area contributed by atoms with Crippen molar-refractivity contribution in [3.63, 3.8) is 0 Å². The van der Waals surface area contributed by atoms with Crippen molar-refractivity contribution < 1.29 is 21.6 Å². The largest absolute Gasteiger partial charge is 0.457 e. The summed E-state index contributed by atoms with van der Waals surface area (Å²) >= 11 is 0.